The summed E-state index contributed by atoms with van der Waals surface area (Å²) < 4.78 is 5.44. The summed E-state index contributed by atoms with van der Waals surface area (Å²) in [5, 5.41) is 3.55. The maximum Gasteiger partial charge on any atom is 0.148 e. The van der Waals surface area contributed by atoms with Crippen LogP contribution < -0.4 is 10.1 Å². The molecule has 0 aromatic heterocycles. The average Bonchev–Trinajstić information content (AvgIpc) is 2.93. The van der Waals surface area contributed by atoms with Gasteiger partial charge in [0.2, 0.25) is 0 Å². The van der Waals surface area contributed by atoms with Crippen molar-refractivity contribution in [1.29, 1.82) is 0 Å². The number of likely N-dealkylation sites (tertiary alicyclic amines) is 1. The molecule has 0 unspecified atom stereocenters. The lowest BCUT2D eigenvalue weighted by Gasteiger charge is -2.23. The molecule has 1 aromatic rings. The van der Waals surface area contributed by atoms with Crippen molar-refractivity contribution in [3.8, 4) is 18.1 Å². The van der Waals surface area contributed by atoms with Crippen molar-refractivity contribution in [2.75, 3.05) is 26.2 Å². The second-order valence-electron chi connectivity index (χ2n) is 5.20. The van der Waals surface area contributed by atoms with Crippen LogP contribution in [0.2, 0.25) is 0 Å². The molecule has 0 aliphatic carbocycles. The lowest BCUT2D eigenvalue weighted by molar-refractivity contribution is 0.260. The van der Waals surface area contributed by atoms with Crippen molar-refractivity contribution in [2.45, 2.75) is 32.4 Å². The molecule has 1 aliphatic rings. The number of nitrogens with zero attached hydrogens (tertiary/aromatic N) is 1. The molecule has 1 fully saturated rings. The lowest BCUT2D eigenvalue weighted by atomic mass is 10.2. The van der Waals surface area contributed by atoms with E-state index in [2.05, 4.69) is 35.2 Å². The molecule has 0 bridgehead atoms. The monoisotopic (exact) mass is 272 g/mol. The zero-order valence-electron chi connectivity index (χ0n) is 12.3. The van der Waals surface area contributed by atoms with Gasteiger partial charge in [0.05, 0.1) is 0 Å². The number of nitrogens with one attached hydrogen (secondary N) is 1. The maximum absolute atomic E-state index is 5.44. The standard InChI is InChI=1S/C17H24N2O/c1-3-11-20-17-9-5-7-15(12-17)13-18-14-16-8-6-10-19(16)4-2/h1,5,7,9,12,16,18H,4,6,8,10-11,13-14H2,2H3/t16-/m0/s1. The number of likely N-dealkylation sites (N-methyl/N-ethyl adjacent to an activating group) is 1. The van der Waals surface area contributed by atoms with Crippen LogP contribution in [0.3, 0.4) is 0 Å². The summed E-state index contributed by atoms with van der Waals surface area (Å²) in [6.07, 6.45) is 7.84. The summed E-state index contributed by atoms with van der Waals surface area (Å²) in [5.74, 6) is 3.33. The van der Waals surface area contributed by atoms with Crippen molar-refractivity contribution in [2.24, 2.45) is 0 Å². The van der Waals surface area contributed by atoms with E-state index in [-0.39, 0.29) is 0 Å². The first-order valence-corrected chi connectivity index (χ1v) is 7.43. The van der Waals surface area contributed by atoms with Crippen molar-refractivity contribution >= 4 is 0 Å². The molecule has 0 saturated carbocycles. The van der Waals surface area contributed by atoms with Gasteiger partial charge in [-0.25, -0.2) is 0 Å². The number of hydrogen-bond acceptors (Lipinski definition) is 3. The largest absolute Gasteiger partial charge is 0.481 e. The molecular formula is C17H24N2O. The SMILES string of the molecule is C#CCOc1cccc(CNC[C@@H]2CCCN2CC)c1. The zero-order chi connectivity index (χ0) is 14.2. The summed E-state index contributed by atoms with van der Waals surface area (Å²) in [6, 6.07) is 8.81. The molecule has 108 valence electrons. The summed E-state index contributed by atoms with van der Waals surface area (Å²) in [5.41, 5.74) is 1.24. The first kappa shape index (κ1) is 14.9. The molecule has 1 atom stereocenters. The highest BCUT2D eigenvalue weighted by Gasteiger charge is 2.21. The van der Waals surface area contributed by atoms with E-state index in [1.807, 2.05) is 12.1 Å². The van der Waals surface area contributed by atoms with E-state index in [1.54, 1.807) is 0 Å². The summed E-state index contributed by atoms with van der Waals surface area (Å²) in [7, 11) is 0. The molecule has 3 heteroatoms. The van der Waals surface area contributed by atoms with Gasteiger partial charge < -0.3 is 10.1 Å². The quantitative estimate of drug-likeness (QED) is 0.771. The van der Waals surface area contributed by atoms with E-state index < -0.39 is 0 Å². The lowest BCUT2D eigenvalue weighted by Crippen LogP contribution is -2.37. The van der Waals surface area contributed by atoms with Gasteiger partial charge in [0.25, 0.3) is 0 Å². The van der Waals surface area contributed by atoms with Gasteiger partial charge in [-0.3, -0.25) is 4.90 Å². The molecule has 2 rings (SSSR count). The fraction of sp³-hybridized carbons (Fsp3) is 0.529. The minimum atomic E-state index is 0.324. The van der Waals surface area contributed by atoms with Crippen molar-refractivity contribution in [1.82, 2.24) is 10.2 Å². The van der Waals surface area contributed by atoms with Gasteiger partial charge in [0, 0.05) is 19.1 Å². The Kier molecular flexibility index (Phi) is 5.91. The Morgan fingerprint density at radius 3 is 3.20 bits per heavy atom. The van der Waals surface area contributed by atoms with Gasteiger partial charge in [-0.1, -0.05) is 25.0 Å². The second-order valence-corrected chi connectivity index (χ2v) is 5.20. The van der Waals surface area contributed by atoms with E-state index in [0.717, 1.165) is 25.4 Å². The van der Waals surface area contributed by atoms with E-state index in [1.165, 1.54) is 24.9 Å². The highest BCUT2D eigenvalue weighted by atomic mass is 16.5. The van der Waals surface area contributed by atoms with Gasteiger partial charge in [-0.15, -0.1) is 6.42 Å². The molecule has 1 heterocycles. The molecule has 1 aromatic carbocycles. The van der Waals surface area contributed by atoms with Crippen LogP contribution in [-0.4, -0.2) is 37.2 Å². The van der Waals surface area contributed by atoms with Crippen LogP contribution in [0.4, 0.5) is 0 Å². The van der Waals surface area contributed by atoms with Crippen LogP contribution in [0, 0.1) is 12.3 Å². The first-order valence-electron chi connectivity index (χ1n) is 7.43. The van der Waals surface area contributed by atoms with Gasteiger partial charge in [0.15, 0.2) is 0 Å². The predicted octanol–water partition coefficient (Wildman–Crippen LogP) is 2.27. The van der Waals surface area contributed by atoms with Crippen molar-refractivity contribution in [3.63, 3.8) is 0 Å². The molecule has 0 spiro atoms. The molecule has 1 aliphatic heterocycles. The molecule has 20 heavy (non-hydrogen) atoms. The minimum absolute atomic E-state index is 0.324. The van der Waals surface area contributed by atoms with Crippen LogP contribution in [0.5, 0.6) is 5.75 Å². The van der Waals surface area contributed by atoms with Gasteiger partial charge in [-0.2, -0.15) is 0 Å². The molecule has 1 N–H and O–H groups in total. The average molecular weight is 272 g/mol. The third-order valence-corrected chi connectivity index (χ3v) is 3.83. The second kappa shape index (κ2) is 7.94. The van der Waals surface area contributed by atoms with Gasteiger partial charge in [-0.05, 0) is 43.6 Å². The van der Waals surface area contributed by atoms with E-state index in [9.17, 15) is 0 Å². The maximum atomic E-state index is 5.44. The predicted molar refractivity (Wildman–Crippen MR) is 82.7 cm³/mol. The summed E-state index contributed by atoms with van der Waals surface area (Å²) in [4.78, 5) is 2.56. The van der Waals surface area contributed by atoms with Crippen LogP contribution in [0.15, 0.2) is 24.3 Å². The van der Waals surface area contributed by atoms with Crippen LogP contribution in [0.25, 0.3) is 0 Å². The van der Waals surface area contributed by atoms with Crippen LogP contribution in [0.1, 0.15) is 25.3 Å². The fourth-order valence-electron chi connectivity index (χ4n) is 2.80. The molecular weight excluding hydrogens is 248 g/mol. The number of hydrogen-bond donors (Lipinski definition) is 1. The zero-order valence-corrected chi connectivity index (χ0v) is 12.3. The van der Waals surface area contributed by atoms with Crippen LogP contribution in [-0.2, 0) is 6.54 Å². The van der Waals surface area contributed by atoms with E-state index >= 15 is 0 Å². The van der Waals surface area contributed by atoms with Crippen molar-refractivity contribution in [3.05, 3.63) is 29.8 Å². The van der Waals surface area contributed by atoms with Crippen molar-refractivity contribution < 1.29 is 4.74 Å². The first-order chi connectivity index (χ1) is 9.83. The van der Waals surface area contributed by atoms with Gasteiger partial charge in [0.1, 0.15) is 12.4 Å². The molecule has 0 amide bonds. The molecule has 0 radical (unpaired) electrons. The fourth-order valence-corrected chi connectivity index (χ4v) is 2.80. The third-order valence-electron chi connectivity index (χ3n) is 3.83. The Bertz CT molecular complexity index is 453. The minimum Gasteiger partial charge on any atom is -0.481 e. The highest BCUT2D eigenvalue weighted by Crippen LogP contribution is 2.16. The Hall–Kier alpha value is -1.50. The normalized spacial score (nSPS) is 18.9. The number of benzene rings is 1. The topological polar surface area (TPSA) is 24.5 Å². The molecule has 1 saturated heterocycles. The number of rotatable bonds is 7. The highest BCUT2D eigenvalue weighted by molar-refractivity contribution is 5.28. The molecule has 3 nitrogen and oxygen atoms in total. The summed E-state index contributed by atoms with van der Waals surface area (Å²) in [6.45, 7) is 6.90. The Morgan fingerprint density at radius 1 is 1.50 bits per heavy atom. The van der Waals surface area contributed by atoms with E-state index in [4.69, 9.17) is 11.2 Å². The smallest absolute Gasteiger partial charge is 0.148 e. The van der Waals surface area contributed by atoms with Crippen LogP contribution >= 0.6 is 0 Å². The number of ether oxygens (including phenoxy) is 1. The number of terminal acetylenes is 1. The third kappa shape index (κ3) is 4.26. The van der Waals surface area contributed by atoms with E-state index in [0.29, 0.717) is 12.6 Å². The Morgan fingerprint density at radius 2 is 2.40 bits per heavy atom. The van der Waals surface area contributed by atoms with Gasteiger partial charge >= 0.3 is 0 Å². The Labute approximate surface area is 122 Å². The summed E-state index contributed by atoms with van der Waals surface area (Å²) >= 11 is 0. The Balaban J connectivity index is 1.77.